The lowest BCUT2D eigenvalue weighted by Crippen LogP contribution is -2.06. The third kappa shape index (κ3) is 13.8. The van der Waals surface area contributed by atoms with Gasteiger partial charge in [-0.05, 0) is 37.1 Å². The summed E-state index contributed by atoms with van der Waals surface area (Å²) in [6.45, 7) is 5.24. The topological polar surface area (TPSA) is 93.1 Å². The number of carbonyl (C=O) groups excluding carboxylic acids is 2. The van der Waals surface area contributed by atoms with Gasteiger partial charge in [0.15, 0.2) is 0 Å². The molecule has 2 aromatic carbocycles. The van der Waals surface area contributed by atoms with Gasteiger partial charge >= 0.3 is 11.9 Å². The van der Waals surface area contributed by atoms with Crippen molar-refractivity contribution in [2.45, 2.75) is 90.9 Å². The minimum atomic E-state index is -0.443. The van der Waals surface area contributed by atoms with Crippen molar-refractivity contribution >= 4 is 11.9 Å². The molecule has 0 saturated carbocycles. The molecule has 36 heavy (non-hydrogen) atoms. The summed E-state index contributed by atoms with van der Waals surface area (Å²) in [6.07, 6.45) is 13.9. The molecule has 0 fully saturated rings. The van der Waals surface area contributed by atoms with Crippen molar-refractivity contribution in [2.75, 3.05) is 13.2 Å². The normalized spacial score (nSPS) is 10.3. The first kappa shape index (κ1) is 31.0. The van der Waals surface area contributed by atoms with Gasteiger partial charge in [-0.2, -0.15) is 0 Å². The molecule has 2 N–H and O–H groups in total. The predicted octanol–water partition coefficient (Wildman–Crippen LogP) is 7.82. The minimum absolute atomic E-state index is 0.0227. The lowest BCUT2D eigenvalue weighted by atomic mass is 10.1. The van der Waals surface area contributed by atoms with Gasteiger partial charge in [-0.1, -0.05) is 102 Å². The zero-order valence-corrected chi connectivity index (χ0v) is 22.0. The van der Waals surface area contributed by atoms with Gasteiger partial charge in [-0.15, -0.1) is 0 Å². The van der Waals surface area contributed by atoms with Gasteiger partial charge in [0.2, 0.25) is 0 Å². The molecule has 0 spiro atoms. The monoisotopic (exact) mass is 500 g/mol. The zero-order valence-electron chi connectivity index (χ0n) is 22.0. The second kappa shape index (κ2) is 20.2. The summed E-state index contributed by atoms with van der Waals surface area (Å²) in [5, 5.41) is 19.0. The Balaban J connectivity index is 0.000000360. The highest BCUT2D eigenvalue weighted by atomic mass is 16.5. The number of benzene rings is 2. The molecule has 0 amide bonds. The van der Waals surface area contributed by atoms with Crippen LogP contribution in [0.5, 0.6) is 11.5 Å². The molecule has 0 atom stereocenters. The first-order valence-corrected chi connectivity index (χ1v) is 13.4. The van der Waals surface area contributed by atoms with E-state index in [-0.39, 0.29) is 22.6 Å². The Labute approximate surface area is 216 Å². The maximum Gasteiger partial charge on any atom is 0.341 e. The Hall–Kier alpha value is -3.02. The molecule has 0 saturated heterocycles. The van der Waals surface area contributed by atoms with E-state index in [1.807, 2.05) is 0 Å². The van der Waals surface area contributed by atoms with E-state index in [0.717, 1.165) is 25.7 Å². The molecule has 2 rings (SSSR count). The van der Waals surface area contributed by atoms with E-state index in [1.165, 1.54) is 63.5 Å². The van der Waals surface area contributed by atoms with Crippen LogP contribution in [0.25, 0.3) is 0 Å². The summed E-state index contributed by atoms with van der Waals surface area (Å²) >= 11 is 0. The maximum atomic E-state index is 11.6. The van der Waals surface area contributed by atoms with Crippen LogP contribution < -0.4 is 0 Å². The fraction of sp³-hybridized carbons (Fsp3) is 0.533. The van der Waals surface area contributed by atoms with Crippen LogP contribution in [-0.2, 0) is 9.47 Å². The molecule has 0 aromatic heterocycles. The Bertz CT molecular complexity index is 793. The van der Waals surface area contributed by atoms with Crippen LogP contribution in [0.15, 0.2) is 48.5 Å². The van der Waals surface area contributed by atoms with Crippen LogP contribution in [0, 0.1) is 0 Å². The smallest absolute Gasteiger partial charge is 0.341 e. The lowest BCUT2D eigenvalue weighted by Gasteiger charge is -2.06. The van der Waals surface area contributed by atoms with Crippen molar-refractivity contribution in [2.24, 2.45) is 0 Å². The summed E-state index contributed by atoms with van der Waals surface area (Å²) in [5.74, 6) is -0.931. The molecular weight excluding hydrogens is 456 g/mol. The first-order valence-electron chi connectivity index (χ1n) is 13.4. The summed E-state index contributed by atoms with van der Waals surface area (Å²) in [6, 6.07) is 12.9. The predicted molar refractivity (Wildman–Crippen MR) is 144 cm³/mol. The average Bonchev–Trinajstić information content (AvgIpc) is 2.88. The third-order valence-corrected chi connectivity index (χ3v) is 5.71. The second-order valence-electron chi connectivity index (χ2n) is 8.84. The number of phenols is 2. The molecule has 6 nitrogen and oxygen atoms in total. The van der Waals surface area contributed by atoms with Crippen molar-refractivity contribution < 1.29 is 29.3 Å². The molecule has 0 aliphatic carbocycles. The van der Waals surface area contributed by atoms with Crippen molar-refractivity contribution in [3.8, 4) is 11.5 Å². The Morgan fingerprint density at radius 3 is 1.25 bits per heavy atom. The molecule has 0 aliphatic heterocycles. The quantitative estimate of drug-likeness (QED) is 0.180. The van der Waals surface area contributed by atoms with Gasteiger partial charge in [0.05, 0.1) is 13.2 Å². The first-order chi connectivity index (χ1) is 17.5. The Kier molecular flexibility index (Phi) is 17.4. The summed E-state index contributed by atoms with van der Waals surface area (Å²) < 4.78 is 10.2. The fourth-order valence-corrected chi connectivity index (χ4v) is 3.54. The molecule has 0 unspecified atom stereocenters. The van der Waals surface area contributed by atoms with E-state index in [1.54, 1.807) is 36.4 Å². The number of hydrogen-bond acceptors (Lipinski definition) is 6. The molecule has 0 bridgehead atoms. The molecule has 0 aliphatic rings. The molecule has 0 heterocycles. The van der Waals surface area contributed by atoms with Crippen molar-refractivity contribution in [1.82, 2.24) is 0 Å². The number of esters is 2. The van der Waals surface area contributed by atoms with Gasteiger partial charge in [0, 0.05) is 0 Å². The third-order valence-electron chi connectivity index (χ3n) is 5.71. The van der Waals surface area contributed by atoms with Crippen LogP contribution >= 0.6 is 0 Å². The van der Waals surface area contributed by atoms with E-state index in [0.29, 0.717) is 13.2 Å². The molecule has 200 valence electrons. The van der Waals surface area contributed by atoms with Crippen LogP contribution in [0.2, 0.25) is 0 Å². The maximum absolute atomic E-state index is 11.6. The molecule has 6 heteroatoms. The number of phenolic OH excluding ortho intramolecular Hbond substituents is 2. The number of ether oxygens (including phenoxy) is 2. The zero-order chi connectivity index (χ0) is 26.4. The number of unbranched alkanes of at least 4 members (excludes halogenated alkanes) is 10. The lowest BCUT2D eigenvalue weighted by molar-refractivity contribution is 0.0484. The second-order valence-corrected chi connectivity index (χ2v) is 8.84. The van der Waals surface area contributed by atoms with Gasteiger partial charge in [-0.25, -0.2) is 9.59 Å². The van der Waals surface area contributed by atoms with E-state index < -0.39 is 11.9 Å². The van der Waals surface area contributed by atoms with E-state index >= 15 is 0 Å². The number of aromatic hydroxyl groups is 2. The number of rotatable bonds is 16. The van der Waals surface area contributed by atoms with Crippen LogP contribution in [0.1, 0.15) is 112 Å². The Morgan fingerprint density at radius 1 is 0.556 bits per heavy atom. The van der Waals surface area contributed by atoms with Gasteiger partial charge in [0.1, 0.15) is 22.6 Å². The van der Waals surface area contributed by atoms with E-state index in [9.17, 15) is 19.8 Å². The largest absolute Gasteiger partial charge is 0.507 e. The van der Waals surface area contributed by atoms with E-state index in [4.69, 9.17) is 9.47 Å². The van der Waals surface area contributed by atoms with Crippen LogP contribution in [0.3, 0.4) is 0 Å². The highest BCUT2D eigenvalue weighted by Crippen LogP contribution is 2.18. The highest BCUT2D eigenvalue weighted by molar-refractivity contribution is 5.92. The van der Waals surface area contributed by atoms with Crippen LogP contribution in [0.4, 0.5) is 0 Å². The van der Waals surface area contributed by atoms with Gasteiger partial charge in [-0.3, -0.25) is 0 Å². The SMILES string of the molecule is CCCCCCCCOC(=O)c1ccccc1O.CCCCCCCCOC(=O)c1ccccc1O. The summed E-state index contributed by atoms with van der Waals surface area (Å²) in [7, 11) is 0. The van der Waals surface area contributed by atoms with Gasteiger partial charge < -0.3 is 19.7 Å². The highest BCUT2D eigenvalue weighted by Gasteiger charge is 2.11. The average molecular weight is 501 g/mol. The van der Waals surface area contributed by atoms with E-state index in [2.05, 4.69) is 13.8 Å². The van der Waals surface area contributed by atoms with Crippen molar-refractivity contribution in [1.29, 1.82) is 0 Å². The summed E-state index contributed by atoms with van der Waals surface area (Å²) in [5.41, 5.74) is 0.479. The van der Waals surface area contributed by atoms with Crippen LogP contribution in [-0.4, -0.2) is 35.4 Å². The minimum Gasteiger partial charge on any atom is -0.507 e. The van der Waals surface area contributed by atoms with Gasteiger partial charge in [0.25, 0.3) is 0 Å². The fourth-order valence-electron chi connectivity index (χ4n) is 3.54. The van der Waals surface area contributed by atoms with Crippen molar-refractivity contribution in [3.05, 3.63) is 59.7 Å². The molecule has 0 radical (unpaired) electrons. The number of para-hydroxylation sites is 2. The number of hydrogen-bond donors (Lipinski definition) is 2. The Morgan fingerprint density at radius 2 is 0.889 bits per heavy atom. The summed E-state index contributed by atoms with van der Waals surface area (Å²) in [4.78, 5) is 23.2. The molecule has 2 aromatic rings. The standard InChI is InChI=1S/2C15H22O3/c2*1-2-3-4-5-6-9-12-18-15(17)13-10-7-8-11-14(13)16/h2*7-8,10-11,16H,2-6,9,12H2,1H3. The number of carbonyl (C=O) groups is 2. The molecular formula is C30H44O6. The van der Waals surface area contributed by atoms with Crippen molar-refractivity contribution in [3.63, 3.8) is 0 Å².